The standard InChI is InChI=1S/C26H22ClNO4/c1-15-7-10-19(11-8-15)28-23(17-6-4-5-16(2)13-17)22(25(30)26(28)31)24(29)20-14-18(27)9-12-21(20)32-3/h4-14,23,29H,1-3H3/b24-22+. The lowest BCUT2D eigenvalue weighted by Gasteiger charge is -2.26. The molecule has 0 spiro atoms. The molecule has 4 rings (SSSR count). The molecule has 32 heavy (non-hydrogen) atoms. The summed E-state index contributed by atoms with van der Waals surface area (Å²) in [6.45, 7) is 3.88. The molecule has 1 fully saturated rings. The van der Waals surface area contributed by atoms with Crippen molar-refractivity contribution >= 4 is 34.7 Å². The highest BCUT2D eigenvalue weighted by Crippen LogP contribution is 2.43. The second-order valence-corrected chi connectivity index (χ2v) is 8.20. The van der Waals surface area contributed by atoms with Crippen LogP contribution < -0.4 is 9.64 Å². The molecule has 1 aliphatic rings. The fraction of sp³-hybridized carbons (Fsp3) is 0.154. The molecule has 5 nitrogen and oxygen atoms in total. The van der Waals surface area contributed by atoms with Crippen molar-refractivity contribution in [3.8, 4) is 5.75 Å². The maximum Gasteiger partial charge on any atom is 0.300 e. The highest BCUT2D eigenvalue weighted by molar-refractivity contribution is 6.51. The number of Topliss-reactive ketones (excluding diaryl/α,β-unsaturated/α-hetero) is 1. The van der Waals surface area contributed by atoms with Gasteiger partial charge in [-0.3, -0.25) is 14.5 Å². The summed E-state index contributed by atoms with van der Waals surface area (Å²) < 4.78 is 5.37. The predicted octanol–water partition coefficient (Wildman–Crippen LogP) is 5.59. The Morgan fingerprint density at radius 1 is 0.969 bits per heavy atom. The minimum absolute atomic E-state index is 0.0123. The van der Waals surface area contributed by atoms with Crippen LogP contribution in [0.4, 0.5) is 5.69 Å². The van der Waals surface area contributed by atoms with E-state index in [9.17, 15) is 14.7 Å². The number of amides is 1. The largest absolute Gasteiger partial charge is 0.507 e. The van der Waals surface area contributed by atoms with E-state index in [-0.39, 0.29) is 16.9 Å². The number of aryl methyl sites for hydroxylation is 2. The maximum absolute atomic E-state index is 13.2. The number of hydrogen-bond donors (Lipinski definition) is 1. The quantitative estimate of drug-likeness (QED) is 0.321. The molecule has 3 aromatic carbocycles. The van der Waals surface area contributed by atoms with Crippen molar-refractivity contribution in [1.82, 2.24) is 0 Å². The van der Waals surface area contributed by atoms with Gasteiger partial charge in [0.1, 0.15) is 11.5 Å². The molecule has 0 bridgehead atoms. The number of anilines is 1. The van der Waals surface area contributed by atoms with Crippen LogP contribution in [-0.4, -0.2) is 23.9 Å². The van der Waals surface area contributed by atoms with Gasteiger partial charge in [-0.15, -0.1) is 0 Å². The second-order valence-electron chi connectivity index (χ2n) is 7.76. The molecule has 162 valence electrons. The molecule has 3 aromatic rings. The van der Waals surface area contributed by atoms with Crippen molar-refractivity contribution in [1.29, 1.82) is 0 Å². The third-order valence-corrected chi connectivity index (χ3v) is 5.77. The number of aliphatic hydroxyl groups is 1. The van der Waals surface area contributed by atoms with Gasteiger partial charge in [0.25, 0.3) is 11.7 Å². The zero-order valence-electron chi connectivity index (χ0n) is 17.9. The smallest absolute Gasteiger partial charge is 0.300 e. The van der Waals surface area contributed by atoms with Gasteiger partial charge in [-0.2, -0.15) is 0 Å². The van der Waals surface area contributed by atoms with Crippen LogP contribution in [0, 0.1) is 13.8 Å². The summed E-state index contributed by atoms with van der Waals surface area (Å²) in [5.41, 5.74) is 3.52. The van der Waals surface area contributed by atoms with Crippen LogP contribution in [0.25, 0.3) is 5.76 Å². The average molecular weight is 448 g/mol. The van der Waals surface area contributed by atoms with Gasteiger partial charge in [0.2, 0.25) is 0 Å². The Balaban J connectivity index is 1.99. The van der Waals surface area contributed by atoms with Crippen LogP contribution in [0.15, 0.2) is 72.3 Å². The van der Waals surface area contributed by atoms with Crippen molar-refractivity contribution in [3.05, 3.63) is 99.6 Å². The summed E-state index contributed by atoms with van der Waals surface area (Å²) in [7, 11) is 1.46. The van der Waals surface area contributed by atoms with Crippen molar-refractivity contribution < 1.29 is 19.4 Å². The number of hydrogen-bond acceptors (Lipinski definition) is 4. The lowest BCUT2D eigenvalue weighted by atomic mass is 9.94. The number of methoxy groups -OCH3 is 1. The van der Waals surface area contributed by atoms with Crippen LogP contribution in [0.1, 0.15) is 28.3 Å². The molecule has 1 N–H and O–H groups in total. The molecule has 1 saturated heterocycles. The van der Waals surface area contributed by atoms with Crippen molar-refractivity contribution in [2.75, 3.05) is 12.0 Å². The van der Waals surface area contributed by atoms with Crippen LogP contribution in [0.3, 0.4) is 0 Å². The van der Waals surface area contributed by atoms with E-state index in [0.717, 1.165) is 11.1 Å². The number of benzene rings is 3. The summed E-state index contributed by atoms with van der Waals surface area (Å²) in [4.78, 5) is 27.9. The number of rotatable bonds is 4. The molecule has 1 amide bonds. The van der Waals surface area contributed by atoms with E-state index >= 15 is 0 Å². The number of halogens is 1. The van der Waals surface area contributed by atoms with Crippen LogP contribution >= 0.6 is 11.6 Å². The van der Waals surface area contributed by atoms with Gasteiger partial charge in [0.05, 0.1) is 24.3 Å². The Kier molecular flexibility index (Phi) is 5.76. The summed E-state index contributed by atoms with van der Waals surface area (Å²) in [5.74, 6) is -1.46. The minimum atomic E-state index is -0.804. The van der Waals surface area contributed by atoms with E-state index in [1.165, 1.54) is 18.1 Å². The second kappa shape index (κ2) is 8.52. The first-order valence-corrected chi connectivity index (χ1v) is 10.5. The normalized spacial score (nSPS) is 17.6. The number of ether oxygens (including phenoxy) is 1. The third-order valence-electron chi connectivity index (χ3n) is 5.53. The monoisotopic (exact) mass is 447 g/mol. The van der Waals surface area contributed by atoms with Crippen LogP contribution in [-0.2, 0) is 9.59 Å². The van der Waals surface area contributed by atoms with E-state index in [4.69, 9.17) is 16.3 Å². The zero-order chi connectivity index (χ0) is 23.0. The predicted molar refractivity (Wildman–Crippen MR) is 125 cm³/mol. The van der Waals surface area contributed by atoms with Gasteiger partial charge in [0.15, 0.2) is 0 Å². The number of carbonyl (C=O) groups is 2. The van der Waals surface area contributed by atoms with Gasteiger partial charge in [-0.05, 0) is 49.7 Å². The first kappa shape index (κ1) is 21.7. The Labute approximate surface area is 191 Å². The maximum atomic E-state index is 13.2. The van der Waals surface area contributed by atoms with Crippen molar-refractivity contribution in [2.45, 2.75) is 19.9 Å². The van der Waals surface area contributed by atoms with E-state index in [1.807, 2.05) is 50.2 Å². The average Bonchev–Trinajstić information content (AvgIpc) is 3.04. The number of aliphatic hydroxyl groups excluding tert-OH is 1. The summed E-state index contributed by atoms with van der Waals surface area (Å²) in [6.07, 6.45) is 0. The Morgan fingerprint density at radius 2 is 1.69 bits per heavy atom. The molecule has 0 saturated carbocycles. The molecule has 0 aliphatic carbocycles. The SMILES string of the molecule is COc1ccc(Cl)cc1/C(O)=C1\C(=O)C(=O)N(c2ccc(C)cc2)C1c1cccc(C)c1. The highest BCUT2D eigenvalue weighted by Gasteiger charge is 2.47. The fourth-order valence-electron chi connectivity index (χ4n) is 3.97. The first-order valence-electron chi connectivity index (χ1n) is 10.1. The molecule has 6 heteroatoms. The molecule has 1 atom stereocenters. The molecule has 1 aliphatic heterocycles. The molecular weight excluding hydrogens is 426 g/mol. The van der Waals surface area contributed by atoms with Crippen LogP contribution in [0.5, 0.6) is 5.75 Å². The number of ketones is 1. The molecular formula is C26H22ClNO4. The Bertz CT molecular complexity index is 1250. The molecule has 1 unspecified atom stereocenters. The fourth-order valence-corrected chi connectivity index (χ4v) is 4.14. The number of nitrogens with zero attached hydrogens (tertiary/aromatic N) is 1. The van der Waals surface area contributed by atoms with Gasteiger partial charge in [-0.25, -0.2) is 0 Å². The van der Waals surface area contributed by atoms with E-state index in [1.54, 1.807) is 24.3 Å². The van der Waals surface area contributed by atoms with Gasteiger partial charge >= 0.3 is 0 Å². The number of carbonyl (C=O) groups excluding carboxylic acids is 2. The summed E-state index contributed by atoms with van der Waals surface area (Å²) >= 11 is 6.15. The third kappa shape index (κ3) is 3.76. The minimum Gasteiger partial charge on any atom is -0.507 e. The summed E-state index contributed by atoms with van der Waals surface area (Å²) in [6, 6.07) is 18.8. The van der Waals surface area contributed by atoms with Gasteiger partial charge < -0.3 is 9.84 Å². The van der Waals surface area contributed by atoms with E-state index < -0.39 is 17.7 Å². The topological polar surface area (TPSA) is 66.8 Å². The van der Waals surface area contributed by atoms with E-state index in [0.29, 0.717) is 22.0 Å². The molecule has 0 radical (unpaired) electrons. The van der Waals surface area contributed by atoms with Gasteiger partial charge in [0, 0.05) is 10.7 Å². The molecule has 0 aromatic heterocycles. The van der Waals surface area contributed by atoms with Gasteiger partial charge in [-0.1, -0.05) is 59.1 Å². The van der Waals surface area contributed by atoms with E-state index in [2.05, 4.69) is 0 Å². The highest BCUT2D eigenvalue weighted by atomic mass is 35.5. The Morgan fingerprint density at radius 3 is 2.34 bits per heavy atom. The lowest BCUT2D eigenvalue weighted by Crippen LogP contribution is -2.29. The zero-order valence-corrected chi connectivity index (χ0v) is 18.7. The lowest BCUT2D eigenvalue weighted by molar-refractivity contribution is -0.132. The molecule has 1 heterocycles. The summed E-state index contributed by atoms with van der Waals surface area (Å²) in [5, 5.41) is 11.7. The first-order chi connectivity index (χ1) is 15.3. The van der Waals surface area contributed by atoms with Crippen molar-refractivity contribution in [2.24, 2.45) is 0 Å². The Hall–Kier alpha value is -3.57. The van der Waals surface area contributed by atoms with Crippen molar-refractivity contribution in [3.63, 3.8) is 0 Å². The van der Waals surface area contributed by atoms with Crippen LogP contribution in [0.2, 0.25) is 5.02 Å².